The first-order chi connectivity index (χ1) is 14.5. The van der Waals surface area contributed by atoms with Crippen LogP contribution >= 0.6 is 23.1 Å². The number of aryl methyl sites for hydroxylation is 1. The van der Waals surface area contributed by atoms with Gasteiger partial charge in [-0.3, -0.25) is 14.2 Å². The molecule has 1 aliphatic carbocycles. The minimum atomic E-state index is 0.0420. The normalized spacial score (nSPS) is 21.2. The van der Waals surface area contributed by atoms with Gasteiger partial charge in [0.25, 0.3) is 5.56 Å². The van der Waals surface area contributed by atoms with Crippen molar-refractivity contribution in [3.8, 4) is 0 Å². The van der Waals surface area contributed by atoms with Gasteiger partial charge in [0, 0.05) is 24.6 Å². The molecule has 1 aliphatic heterocycles. The van der Waals surface area contributed by atoms with E-state index in [2.05, 4.69) is 6.92 Å². The summed E-state index contributed by atoms with van der Waals surface area (Å²) in [5.74, 6) is 1.04. The Labute approximate surface area is 186 Å². The van der Waals surface area contributed by atoms with Gasteiger partial charge >= 0.3 is 0 Å². The number of rotatable bonds is 7. The Kier molecular flexibility index (Phi) is 6.85. The van der Waals surface area contributed by atoms with Crippen molar-refractivity contribution in [2.24, 2.45) is 5.92 Å². The van der Waals surface area contributed by atoms with Gasteiger partial charge in [-0.2, -0.15) is 0 Å². The first-order valence-corrected chi connectivity index (χ1v) is 12.9. The highest BCUT2D eigenvalue weighted by Crippen LogP contribution is 2.36. The number of aromatic nitrogens is 2. The number of hydrogen-bond donors (Lipinski definition) is 0. The lowest BCUT2D eigenvalue weighted by Gasteiger charge is -2.20. The highest BCUT2D eigenvalue weighted by Gasteiger charge is 2.26. The molecule has 0 aromatic carbocycles. The van der Waals surface area contributed by atoms with Gasteiger partial charge in [-0.15, -0.1) is 11.3 Å². The quantitative estimate of drug-likeness (QED) is 0.476. The number of carbonyl (C=O) groups excluding carboxylic acids is 1. The van der Waals surface area contributed by atoms with Gasteiger partial charge in [0.05, 0.1) is 23.8 Å². The van der Waals surface area contributed by atoms with Crippen molar-refractivity contribution >= 4 is 39.2 Å². The zero-order valence-electron chi connectivity index (χ0n) is 18.1. The lowest BCUT2D eigenvalue weighted by Crippen LogP contribution is -2.33. The van der Waals surface area contributed by atoms with E-state index in [9.17, 15) is 9.59 Å². The summed E-state index contributed by atoms with van der Waals surface area (Å²) in [4.78, 5) is 35.0. The average molecular weight is 450 g/mol. The number of ether oxygens (including phenoxy) is 1. The fourth-order valence-electron chi connectivity index (χ4n) is 4.46. The van der Waals surface area contributed by atoms with E-state index in [1.807, 2.05) is 18.7 Å². The molecule has 0 spiro atoms. The van der Waals surface area contributed by atoms with Crippen molar-refractivity contribution in [1.82, 2.24) is 14.5 Å². The van der Waals surface area contributed by atoms with E-state index in [0.717, 1.165) is 48.9 Å². The predicted octanol–water partition coefficient (Wildman–Crippen LogP) is 3.72. The largest absolute Gasteiger partial charge is 0.376 e. The molecule has 8 heteroatoms. The van der Waals surface area contributed by atoms with E-state index < -0.39 is 0 Å². The van der Waals surface area contributed by atoms with Crippen LogP contribution in [0, 0.1) is 5.92 Å². The van der Waals surface area contributed by atoms with Crippen LogP contribution in [-0.2, 0) is 28.9 Å². The molecular formula is C22H31N3O3S2. The van der Waals surface area contributed by atoms with Gasteiger partial charge in [0.15, 0.2) is 5.16 Å². The fourth-order valence-corrected chi connectivity index (χ4v) is 6.80. The van der Waals surface area contributed by atoms with Gasteiger partial charge in [-0.1, -0.05) is 18.7 Å². The molecule has 1 saturated heterocycles. The summed E-state index contributed by atoms with van der Waals surface area (Å²) in [6.45, 7) is 8.91. The number of nitrogens with zero attached hydrogens (tertiary/aromatic N) is 3. The summed E-state index contributed by atoms with van der Waals surface area (Å²) in [6.07, 6.45) is 5.16. The highest BCUT2D eigenvalue weighted by molar-refractivity contribution is 7.99. The standard InChI is InChI=1S/C22H31N3O3S2/c1-4-24(5-2)18(26)13-29-22-23-20-19(16-9-8-14(3)11-17(16)30-20)21(27)25(22)12-15-7-6-10-28-15/h14-15H,4-13H2,1-3H3. The number of fused-ring (bicyclic) bond motifs is 3. The van der Waals surface area contributed by atoms with Crippen LogP contribution in [-0.4, -0.2) is 51.9 Å². The molecular weight excluding hydrogens is 418 g/mol. The molecule has 4 rings (SSSR count). The van der Waals surface area contributed by atoms with Gasteiger partial charge < -0.3 is 9.64 Å². The molecule has 1 amide bonds. The Hall–Kier alpha value is -1.38. The van der Waals surface area contributed by atoms with Crippen molar-refractivity contribution in [3.63, 3.8) is 0 Å². The maximum absolute atomic E-state index is 13.6. The molecule has 3 heterocycles. The Morgan fingerprint density at radius 2 is 2.13 bits per heavy atom. The maximum Gasteiger partial charge on any atom is 0.263 e. The number of carbonyl (C=O) groups is 1. The van der Waals surface area contributed by atoms with E-state index in [4.69, 9.17) is 9.72 Å². The van der Waals surface area contributed by atoms with Crippen LogP contribution in [0.4, 0.5) is 0 Å². The zero-order chi connectivity index (χ0) is 21.3. The third-order valence-corrected chi connectivity index (χ3v) is 8.34. The van der Waals surface area contributed by atoms with E-state index in [1.54, 1.807) is 15.9 Å². The van der Waals surface area contributed by atoms with Crippen LogP contribution in [0.15, 0.2) is 9.95 Å². The molecule has 0 N–H and O–H groups in total. The molecule has 2 aromatic rings. The molecule has 30 heavy (non-hydrogen) atoms. The Balaban J connectivity index is 1.71. The third-order valence-electron chi connectivity index (χ3n) is 6.23. The Bertz CT molecular complexity index is 974. The molecule has 2 atom stereocenters. The second-order valence-corrected chi connectivity index (χ2v) is 10.4. The number of hydrogen-bond acceptors (Lipinski definition) is 6. The molecule has 0 radical (unpaired) electrons. The zero-order valence-corrected chi connectivity index (χ0v) is 19.7. The number of amides is 1. The SMILES string of the molecule is CCN(CC)C(=O)CSc1nc2sc3c(c2c(=O)n1CC1CCCO1)CCC(C)C3. The number of thioether (sulfide) groups is 1. The number of thiophene rings is 1. The predicted molar refractivity (Wildman–Crippen MR) is 123 cm³/mol. The molecule has 2 unspecified atom stereocenters. The van der Waals surface area contributed by atoms with E-state index in [0.29, 0.717) is 36.5 Å². The van der Waals surface area contributed by atoms with Crippen molar-refractivity contribution in [2.45, 2.75) is 70.7 Å². The highest BCUT2D eigenvalue weighted by atomic mass is 32.2. The molecule has 6 nitrogen and oxygen atoms in total. The Morgan fingerprint density at radius 1 is 1.33 bits per heavy atom. The second-order valence-electron chi connectivity index (χ2n) is 8.33. The minimum absolute atomic E-state index is 0.0420. The van der Waals surface area contributed by atoms with E-state index in [1.165, 1.54) is 22.2 Å². The van der Waals surface area contributed by atoms with Gasteiger partial charge in [0.1, 0.15) is 4.83 Å². The second kappa shape index (κ2) is 9.40. The molecule has 0 bridgehead atoms. The molecule has 0 saturated carbocycles. The Morgan fingerprint density at radius 3 is 2.83 bits per heavy atom. The van der Waals surface area contributed by atoms with Crippen molar-refractivity contribution < 1.29 is 9.53 Å². The fraction of sp³-hybridized carbons (Fsp3) is 0.682. The lowest BCUT2D eigenvalue weighted by molar-refractivity contribution is -0.127. The summed E-state index contributed by atoms with van der Waals surface area (Å²) in [6, 6.07) is 0. The van der Waals surface area contributed by atoms with Crippen LogP contribution in [0.25, 0.3) is 10.2 Å². The smallest absolute Gasteiger partial charge is 0.263 e. The summed E-state index contributed by atoms with van der Waals surface area (Å²) in [5.41, 5.74) is 1.25. The lowest BCUT2D eigenvalue weighted by atomic mass is 9.89. The van der Waals surface area contributed by atoms with Crippen LogP contribution in [0.2, 0.25) is 0 Å². The van der Waals surface area contributed by atoms with Crippen molar-refractivity contribution in [2.75, 3.05) is 25.4 Å². The first kappa shape index (κ1) is 21.8. The van der Waals surface area contributed by atoms with E-state index >= 15 is 0 Å². The monoisotopic (exact) mass is 449 g/mol. The van der Waals surface area contributed by atoms with Crippen molar-refractivity contribution in [1.29, 1.82) is 0 Å². The molecule has 2 aromatic heterocycles. The van der Waals surface area contributed by atoms with Gasteiger partial charge in [0.2, 0.25) is 5.91 Å². The van der Waals surface area contributed by atoms with Crippen LogP contribution in [0.1, 0.15) is 50.5 Å². The average Bonchev–Trinajstić information content (AvgIpc) is 3.36. The van der Waals surface area contributed by atoms with E-state index in [-0.39, 0.29) is 17.6 Å². The van der Waals surface area contributed by atoms with Gasteiger partial charge in [-0.25, -0.2) is 4.98 Å². The topological polar surface area (TPSA) is 64.4 Å². The summed E-state index contributed by atoms with van der Waals surface area (Å²) in [7, 11) is 0. The minimum Gasteiger partial charge on any atom is -0.376 e. The molecule has 164 valence electrons. The first-order valence-electron chi connectivity index (χ1n) is 11.1. The molecule has 2 aliphatic rings. The summed E-state index contributed by atoms with van der Waals surface area (Å²) < 4.78 is 7.60. The summed E-state index contributed by atoms with van der Waals surface area (Å²) in [5, 5.41) is 1.45. The summed E-state index contributed by atoms with van der Waals surface area (Å²) >= 11 is 3.05. The van der Waals surface area contributed by atoms with Crippen LogP contribution in [0.3, 0.4) is 0 Å². The van der Waals surface area contributed by atoms with Gasteiger partial charge in [-0.05, 0) is 57.4 Å². The van der Waals surface area contributed by atoms with Crippen molar-refractivity contribution in [3.05, 3.63) is 20.8 Å². The van der Waals surface area contributed by atoms with Crippen LogP contribution in [0.5, 0.6) is 0 Å². The molecule has 1 fully saturated rings. The van der Waals surface area contributed by atoms with Crippen LogP contribution < -0.4 is 5.56 Å². The third kappa shape index (κ3) is 4.32. The maximum atomic E-state index is 13.6.